The van der Waals surface area contributed by atoms with Gasteiger partial charge < -0.3 is 19.5 Å². The molecule has 2 atom stereocenters. The van der Waals surface area contributed by atoms with Gasteiger partial charge in [0.05, 0.1) is 18.6 Å². The number of hydrogen-bond donors (Lipinski definition) is 1. The first-order valence-electron chi connectivity index (χ1n) is 8.50. The first kappa shape index (κ1) is 16.3. The van der Waals surface area contributed by atoms with Gasteiger partial charge in [-0.05, 0) is 37.3 Å². The minimum absolute atomic E-state index is 0.0682. The minimum Gasteiger partial charge on any atom is -0.492 e. The highest BCUT2D eigenvalue weighted by molar-refractivity contribution is 5.79. The summed E-state index contributed by atoms with van der Waals surface area (Å²) in [5.41, 5.74) is 1.11. The molecular formula is C18H25NO4. The van der Waals surface area contributed by atoms with E-state index in [0.29, 0.717) is 26.4 Å². The van der Waals surface area contributed by atoms with Crippen LogP contribution in [0.15, 0.2) is 24.3 Å². The summed E-state index contributed by atoms with van der Waals surface area (Å²) in [4.78, 5) is 12.2. The van der Waals surface area contributed by atoms with Gasteiger partial charge in [-0.2, -0.15) is 0 Å². The summed E-state index contributed by atoms with van der Waals surface area (Å²) in [7, 11) is 0. The maximum absolute atomic E-state index is 12.2. The molecule has 0 saturated carbocycles. The van der Waals surface area contributed by atoms with E-state index in [-0.39, 0.29) is 17.9 Å². The average molecular weight is 319 g/mol. The minimum atomic E-state index is -0.0993. The van der Waals surface area contributed by atoms with Crippen molar-refractivity contribution in [1.29, 1.82) is 0 Å². The molecule has 1 amide bonds. The van der Waals surface area contributed by atoms with Crippen LogP contribution in [0.5, 0.6) is 5.75 Å². The predicted molar refractivity (Wildman–Crippen MR) is 86.6 cm³/mol. The average Bonchev–Trinajstić information content (AvgIpc) is 3.10. The first-order chi connectivity index (χ1) is 11.3. The van der Waals surface area contributed by atoms with Gasteiger partial charge in [-0.15, -0.1) is 0 Å². The van der Waals surface area contributed by atoms with Crippen LogP contribution in [0.25, 0.3) is 0 Å². The Morgan fingerprint density at radius 2 is 2.26 bits per heavy atom. The van der Waals surface area contributed by atoms with Crippen LogP contribution in [-0.4, -0.2) is 45.0 Å². The SMILES string of the molecule is O=C(NCCCOCC1CCCO1)C1COc2ccccc2C1. The molecule has 2 aliphatic rings. The smallest absolute Gasteiger partial charge is 0.226 e. The Hall–Kier alpha value is -1.59. The molecule has 1 aromatic rings. The number of rotatable bonds is 7. The van der Waals surface area contributed by atoms with Crippen LogP contribution in [-0.2, 0) is 20.7 Å². The van der Waals surface area contributed by atoms with Gasteiger partial charge in [0.1, 0.15) is 12.4 Å². The van der Waals surface area contributed by atoms with Crippen molar-refractivity contribution < 1.29 is 19.0 Å². The summed E-state index contributed by atoms with van der Waals surface area (Å²) in [5, 5.41) is 2.98. The van der Waals surface area contributed by atoms with Gasteiger partial charge >= 0.3 is 0 Å². The number of ether oxygens (including phenoxy) is 3. The Morgan fingerprint density at radius 1 is 1.35 bits per heavy atom. The molecule has 2 unspecified atom stereocenters. The number of nitrogens with one attached hydrogen (secondary N) is 1. The van der Waals surface area contributed by atoms with E-state index in [9.17, 15) is 4.79 Å². The molecular weight excluding hydrogens is 294 g/mol. The van der Waals surface area contributed by atoms with Crippen molar-refractivity contribution >= 4 is 5.91 Å². The largest absolute Gasteiger partial charge is 0.492 e. The van der Waals surface area contributed by atoms with Gasteiger partial charge in [0, 0.05) is 19.8 Å². The van der Waals surface area contributed by atoms with E-state index in [1.807, 2.05) is 24.3 Å². The van der Waals surface area contributed by atoms with Crippen molar-refractivity contribution in [2.75, 3.05) is 33.0 Å². The third kappa shape index (κ3) is 4.69. The summed E-state index contributed by atoms with van der Waals surface area (Å²) in [5.74, 6) is 0.871. The summed E-state index contributed by atoms with van der Waals surface area (Å²) in [6, 6.07) is 7.91. The summed E-state index contributed by atoms with van der Waals surface area (Å²) in [6.45, 7) is 3.28. The second kappa shape index (κ2) is 8.31. The normalized spacial score (nSPS) is 23.1. The maximum Gasteiger partial charge on any atom is 0.226 e. The van der Waals surface area contributed by atoms with Crippen LogP contribution in [0.1, 0.15) is 24.8 Å². The molecule has 3 rings (SSSR count). The van der Waals surface area contributed by atoms with E-state index in [4.69, 9.17) is 14.2 Å². The molecule has 0 radical (unpaired) electrons. The first-order valence-corrected chi connectivity index (χ1v) is 8.50. The van der Waals surface area contributed by atoms with Gasteiger partial charge in [-0.25, -0.2) is 0 Å². The van der Waals surface area contributed by atoms with E-state index in [1.54, 1.807) is 0 Å². The lowest BCUT2D eigenvalue weighted by Crippen LogP contribution is -2.38. The van der Waals surface area contributed by atoms with Crippen LogP contribution < -0.4 is 10.1 Å². The zero-order valence-corrected chi connectivity index (χ0v) is 13.5. The third-order valence-electron chi connectivity index (χ3n) is 4.34. The van der Waals surface area contributed by atoms with Gasteiger partial charge in [0.2, 0.25) is 5.91 Å². The van der Waals surface area contributed by atoms with Crippen molar-refractivity contribution in [2.45, 2.75) is 31.8 Å². The highest BCUT2D eigenvalue weighted by Crippen LogP contribution is 2.26. The Kier molecular flexibility index (Phi) is 5.88. The summed E-state index contributed by atoms with van der Waals surface area (Å²) in [6.07, 6.45) is 4.07. The Labute approximate surface area is 137 Å². The van der Waals surface area contributed by atoms with Crippen molar-refractivity contribution in [3.63, 3.8) is 0 Å². The van der Waals surface area contributed by atoms with Gasteiger partial charge in [0.15, 0.2) is 0 Å². The number of para-hydroxylation sites is 1. The van der Waals surface area contributed by atoms with E-state index in [2.05, 4.69) is 5.32 Å². The fourth-order valence-corrected chi connectivity index (χ4v) is 3.02. The Balaban J connectivity index is 1.29. The van der Waals surface area contributed by atoms with E-state index in [0.717, 1.165) is 43.6 Å². The number of hydrogen-bond acceptors (Lipinski definition) is 4. The number of benzene rings is 1. The van der Waals surface area contributed by atoms with Crippen LogP contribution in [0.4, 0.5) is 0 Å². The number of carbonyl (C=O) groups is 1. The molecule has 1 aromatic carbocycles. The highest BCUT2D eigenvalue weighted by Gasteiger charge is 2.25. The van der Waals surface area contributed by atoms with Gasteiger partial charge in [0.25, 0.3) is 0 Å². The zero-order valence-electron chi connectivity index (χ0n) is 13.5. The highest BCUT2D eigenvalue weighted by atomic mass is 16.5. The van der Waals surface area contributed by atoms with Crippen LogP contribution in [0, 0.1) is 5.92 Å². The fourth-order valence-electron chi connectivity index (χ4n) is 3.02. The zero-order chi connectivity index (χ0) is 15.9. The molecule has 2 aliphatic heterocycles. The molecule has 0 aliphatic carbocycles. The van der Waals surface area contributed by atoms with Crippen molar-refractivity contribution in [3.8, 4) is 5.75 Å². The molecule has 23 heavy (non-hydrogen) atoms. The molecule has 0 spiro atoms. The van der Waals surface area contributed by atoms with Gasteiger partial charge in [-0.1, -0.05) is 18.2 Å². The van der Waals surface area contributed by atoms with E-state index < -0.39 is 0 Å². The number of carbonyl (C=O) groups excluding carboxylic acids is 1. The lowest BCUT2D eigenvalue weighted by molar-refractivity contribution is -0.126. The standard InChI is InChI=1S/C18H25NO4/c20-18(15-11-14-5-1-2-7-17(14)23-12-15)19-8-4-9-21-13-16-6-3-10-22-16/h1-2,5,7,15-16H,3-4,6,8-13H2,(H,19,20). The number of fused-ring (bicyclic) bond motifs is 1. The van der Waals surface area contributed by atoms with Crippen LogP contribution >= 0.6 is 0 Å². The molecule has 1 fully saturated rings. The molecule has 0 bridgehead atoms. The quantitative estimate of drug-likeness (QED) is 0.780. The number of amides is 1. The monoisotopic (exact) mass is 319 g/mol. The van der Waals surface area contributed by atoms with Gasteiger partial charge in [-0.3, -0.25) is 4.79 Å². The molecule has 126 valence electrons. The van der Waals surface area contributed by atoms with Crippen LogP contribution in [0.2, 0.25) is 0 Å². The molecule has 0 aromatic heterocycles. The lowest BCUT2D eigenvalue weighted by Gasteiger charge is -2.24. The van der Waals surface area contributed by atoms with E-state index in [1.165, 1.54) is 0 Å². The van der Waals surface area contributed by atoms with Crippen molar-refractivity contribution in [3.05, 3.63) is 29.8 Å². The summed E-state index contributed by atoms with van der Waals surface area (Å²) < 4.78 is 16.7. The van der Waals surface area contributed by atoms with Crippen molar-refractivity contribution in [1.82, 2.24) is 5.32 Å². The Morgan fingerprint density at radius 3 is 3.13 bits per heavy atom. The second-order valence-corrected chi connectivity index (χ2v) is 6.17. The third-order valence-corrected chi connectivity index (χ3v) is 4.34. The second-order valence-electron chi connectivity index (χ2n) is 6.17. The predicted octanol–water partition coefficient (Wildman–Crippen LogP) is 1.94. The Bertz CT molecular complexity index is 513. The molecule has 5 heteroatoms. The molecule has 2 heterocycles. The molecule has 1 saturated heterocycles. The summed E-state index contributed by atoms with van der Waals surface area (Å²) >= 11 is 0. The van der Waals surface area contributed by atoms with Crippen molar-refractivity contribution in [2.24, 2.45) is 5.92 Å². The molecule has 1 N–H and O–H groups in total. The van der Waals surface area contributed by atoms with Crippen LogP contribution in [0.3, 0.4) is 0 Å². The maximum atomic E-state index is 12.2. The van der Waals surface area contributed by atoms with E-state index >= 15 is 0 Å². The fraction of sp³-hybridized carbons (Fsp3) is 0.611. The topological polar surface area (TPSA) is 56.8 Å². The molecule has 5 nitrogen and oxygen atoms in total. The lowest BCUT2D eigenvalue weighted by atomic mass is 9.96.